The summed E-state index contributed by atoms with van der Waals surface area (Å²) >= 11 is 0. The maximum Gasteiger partial charge on any atom is 0.220 e. The van der Waals surface area contributed by atoms with Crippen molar-refractivity contribution in [3.8, 4) is 5.75 Å². The second kappa shape index (κ2) is 11.3. The molecule has 1 aromatic carbocycles. The fourth-order valence-corrected chi connectivity index (χ4v) is 7.89. The van der Waals surface area contributed by atoms with Gasteiger partial charge in [-0.2, -0.15) is 0 Å². The highest BCUT2D eigenvalue weighted by atomic mass is 16.5. The largest absolute Gasteiger partial charge is 0.494 e. The molecule has 4 aliphatic carbocycles. The summed E-state index contributed by atoms with van der Waals surface area (Å²) in [5, 5.41) is 0. The van der Waals surface area contributed by atoms with Gasteiger partial charge in [0.2, 0.25) is 5.91 Å². The van der Waals surface area contributed by atoms with Gasteiger partial charge in [0.05, 0.1) is 18.1 Å². The van der Waals surface area contributed by atoms with Crippen molar-refractivity contribution in [1.82, 2.24) is 4.90 Å². The maximum absolute atomic E-state index is 13.4. The number of carbonyl (C=O) groups excluding carboxylic acids is 3. The van der Waals surface area contributed by atoms with Crippen LogP contribution < -0.4 is 4.74 Å². The van der Waals surface area contributed by atoms with Crippen LogP contribution in [-0.4, -0.2) is 35.0 Å². The Labute approximate surface area is 233 Å². The van der Waals surface area contributed by atoms with Crippen molar-refractivity contribution >= 4 is 17.5 Å². The van der Waals surface area contributed by atoms with Crippen molar-refractivity contribution in [2.45, 2.75) is 97.6 Å². The zero-order valence-electron chi connectivity index (χ0n) is 24.0. The molecular formula is C34H43NO4. The summed E-state index contributed by atoms with van der Waals surface area (Å²) in [4.78, 5) is 39.8. The molecule has 5 rings (SSSR count). The smallest absolute Gasteiger partial charge is 0.220 e. The van der Waals surface area contributed by atoms with E-state index in [4.69, 9.17) is 4.74 Å². The third kappa shape index (κ3) is 5.17. The van der Waals surface area contributed by atoms with E-state index < -0.39 is 5.41 Å². The van der Waals surface area contributed by atoms with Gasteiger partial charge < -0.3 is 9.64 Å². The minimum atomic E-state index is -0.453. The summed E-state index contributed by atoms with van der Waals surface area (Å²) in [5.41, 5.74) is 4.62. The average Bonchev–Trinajstić information content (AvgIpc) is 3.24. The zero-order chi connectivity index (χ0) is 27.7. The quantitative estimate of drug-likeness (QED) is 0.343. The van der Waals surface area contributed by atoms with Crippen molar-refractivity contribution in [2.24, 2.45) is 17.3 Å². The number of nitrogens with zero attached hydrogens (tertiary/aromatic N) is 1. The summed E-state index contributed by atoms with van der Waals surface area (Å²) in [6, 6.07) is 8.28. The third-order valence-electron chi connectivity index (χ3n) is 9.57. The Kier molecular flexibility index (Phi) is 7.98. The molecule has 208 valence electrons. The minimum absolute atomic E-state index is 0.0171. The first-order chi connectivity index (χ1) is 18.7. The summed E-state index contributed by atoms with van der Waals surface area (Å²) < 4.78 is 6.32. The number of allylic oxidation sites excluding steroid dienone is 6. The highest BCUT2D eigenvalue weighted by molar-refractivity contribution is 5.93. The molecule has 1 saturated carbocycles. The van der Waals surface area contributed by atoms with Crippen molar-refractivity contribution in [3.63, 3.8) is 0 Å². The van der Waals surface area contributed by atoms with Crippen LogP contribution in [0.3, 0.4) is 0 Å². The Morgan fingerprint density at radius 2 is 1.95 bits per heavy atom. The molecule has 0 aromatic heterocycles. The number of benzene rings is 1. The van der Waals surface area contributed by atoms with Crippen LogP contribution in [0, 0.1) is 17.3 Å². The van der Waals surface area contributed by atoms with Gasteiger partial charge in [-0.1, -0.05) is 37.6 Å². The predicted molar refractivity (Wildman–Crippen MR) is 153 cm³/mol. The second-order valence-corrected chi connectivity index (χ2v) is 12.2. The molecule has 0 saturated heterocycles. The molecule has 1 fully saturated rings. The number of ketones is 2. The Hall–Kier alpha value is -2.95. The molecule has 0 N–H and O–H groups in total. The normalized spacial score (nSPS) is 26.6. The van der Waals surface area contributed by atoms with E-state index >= 15 is 0 Å². The van der Waals surface area contributed by atoms with Crippen molar-refractivity contribution < 1.29 is 19.1 Å². The number of hydrogen-bond acceptors (Lipinski definition) is 4. The summed E-state index contributed by atoms with van der Waals surface area (Å²) in [5.74, 6) is 2.19. The van der Waals surface area contributed by atoms with Crippen LogP contribution in [0.4, 0.5) is 0 Å². The fourth-order valence-electron chi connectivity index (χ4n) is 7.89. The van der Waals surface area contributed by atoms with Crippen LogP contribution >= 0.6 is 0 Å². The van der Waals surface area contributed by atoms with E-state index in [1.807, 2.05) is 23.1 Å². The highest BCUT2D eigenvalue weighted by Gasteiger charge is 2.53. The van der Waals surface area contributed by atoms with Crippen LogP contribution in [0.25, 0.3) is 0 Å². The topological polar surface area (TPSA) is 63.7 Å². The molecule has 0 radical (unpaired) electrons. The molecule has 0 spiro atoms. The van der Waals surface area contributed by atoms with E-state index in [-0.39, 0.29) is 23.8 Å². The van der Waals surface area contributed by atoms with Crippen molar-refractivity contribution in [2.75, 3.05) is 6.61 Å². The van der Waals surface area contributed by atoms with E-state index in [9.17, 15) is 14.4 Å². The monoisotopic (exact) mass is 529 g/mol. The summed E-state index contributed by atoms with van der Waals surface area (Å²) in [6.07, 6.45) is 13.8. The van der Waals surface area contributed by atoms with E-state index in [1.165, 1.54) is 16.7 Å². The Balaban J connectivity index is 1.34. The lowest BCUT2D eigenvalue weighted by atomic mass is 9.59. The minimum Gasteiger partial charge on any atom is -0.494 e. The highest BCUT2D eigenvalue weighted by Crippen LogP contribution is 2.57. The van der Waals surface area contributed by atoms with Gasteiger partial charge >= 0.3 is 0 Å². The van der Waals surface area contributed by atoms with Gasteiger partial charge in [-0.15, -0.1) is 0 Å². The van der Waals surface area contributed by atoms with Gasteiger partial charge in [0, 0.05) is 25.8 Å². The first kappa shape index (κ1) is 27.6. The number of rotatable bonds is 9. The lowest BCUT2D eigenvalue weighted by Gasteiger charge is -2.44. The molecule has 5 nitrogen and oxygen atoms in total. The zero-order valence-corrected chi connectivity index (χ0v) is 24.0. The number of ether oxygens (including phenoxy) is 1. The molecule has 1 aromatic rings. The summed E-state index contributed by atoms with van der Waals surface area (Å²) in [6.45, 7) is 8.40. The molecular weight excluding hydrogens is 486 g/mol. The van der Waals surface area contributed by atoms with Gasteiger partial charge in [-0.25, -0.2) is 0 Å². The Morgan fingerprint density at radius 3 is 2.69 bits per heavy atom. The number of carbonyl (C=O) groups is 3. The van der Waals surface area contributed by atoms with Crippen LogP contribution in [0.5, 0.6) is 5.75 Å². The van der Waals surface area contributed by atoms with Gasteiger partial charge in [0.1, 0.15) is 11.5 Å². The van der Waals surface area contributed by atoms with E-state index in [1.54, 1.807) is 6.92 Å². The van der Waals surface area contributed by atoms with Gasteiger partial charge in [0.15, 0.2) is 5.78 Å². The number of fused-ring (bicyclic) bond motifs is 4. The van der Waals surface area contributed by atoms with Crippen LogP contribution in [-0.2, 0) is 14.4 Å². The lowest BCUT2D eigenvalue weighted by molar-refractivity contribution is -0.133. The SMILES string of the molecule is CCCC(c1cccc(OCC[C@]23C=CC4=C5CCC(=O)C=C5CCC4C2CCC3=O)c1)N(C(C)=O)C(C)C. The second-order valence-electron chi connectivity index (χ2n) is 12.2. The Morgan fingerprint density at radius 1 is 1.13 bits per heavy atom. The van der Waals surface area contributed by atoms with Gasteiger partial charge in [-0.05, 0) is 105 Å². The standard InChI is InChI=1S/C34H43NO4/c1-5-7-32(35(22(2)3)23(4)36)25-8-6-9-27(21-25)39-19-18-34-17-16-29-28-13-11-26(37)20-24(28)10-12-30(29)31(34)14-15-33(34)38/h6,8-9,16-17,20-22,30-32H,5,7,10-15,18-19H2,1-4H3/t30?,31?,32?,34-/m1/s1. The lowest BCUT2D eigenvalue weighted by Crippen LogP contribution is -2.40. The molecule has 4 atom stereocenters. The van der Waals surface area contributed by atoms with E-state index in [2.05, 4.69) is 45.1 Å². The molecule has 1 amide bonds. The molecule has 0 heterocycles. The predicted octanol–water partition coefficient (Wildman–Crippen LogP) is 7.08. The maximum atomic E-state index is 13.4. The molecule has 4 aliphatic rings. The van der Waals surface area contributed by atoms with Crippen LogP contribution in [0.1, 0.15) is 97.1 Å². The van der Waals surface area contributed by atoms with Gasteiger partial charge in [0.25, 0.3) is 0 Å². The Bertz CT molecular complexity index is 1240. The number of hydrogen-bond donors (Lipinski definition) is 0. The molecule has 0 bridgehead atoms. The third-order valence-corrected chi connectivity index (χ3v) is 9.57. The first-order valence-corrected chi connectivity index (χ1v) is 15.0. The molecule has 3 unspecified atom stereocenters. The van der Waals surface area contributed by atoms with Gasteiger partial charge in [-0.3, -0.25) is 14.4 Å². The first-order valence-electron chi connectivity index (χ1n) is 15.0. The van der Waals surface area contributed by atoms with Crippen LogP contribution in [0.15, 0.2) is 59.2 Å². The molecule has 39 heavy (non-hydrogen) atoms. The van der Waals surface area contributed by atoms with Crippen molar-refractivity contribution in [1.29, 1.82) is 0 Å². The number of Topliss-reactive ketones (excluding diaryl/α,β-unsaturated/α-hetero) is 1. The van der Waals surface area contributed by atoms with E-state index in [0.717, 1.165) is 49.8 Å². The molecule has 0 aliphatic heterocycles. The van der Waals surface area contributed by atoms with Crippen molar-refractivity contribution in [3.05, 3.63) is 64.8 Å². The number of amides is 1. The average molecular weight is 530 g/mol. The fraction of sp³-hybridized carbons (Fsp3) is 0.559. The van der Waals surface area contributed by atoms with Crippen LogP contribution in [0.2, 0.25) is 0 Å². The summed E-state index contributed by atoms with van der Waals surface area (Å²) in [7, 11) is 0. The molecule has 5 heteroatoms. The van der Waals surface area contributed by atoms with E-state index in [0.29, 0.717) is 43.5 Å².